The maximum Gasteiger partial charge on any atom is 0.449 e. The van der Waals surface area contributed by atoms with Gasteiger partial charge in [0.1, 0.15) is 0 Å². The first kappa shape index (κ1) is 74.7. The van der Waals surface area contributed by atoms with Crippen LogP contribution in [0.1, 0.15) is 158 Å². The van der Waals surface area contributed by atoms with Gasteiger partial charge >= 0.3 is 24.7 Å². The van der Waals surface area contributed by atoms with E-state index in [1.165, 1.54) is 0 Å². The van der Waals surface area contributed by atoms with Crippen LogP contribution in [0.5, 0.6) is 0 Å². The Morgan fingerprint density at radius 2 is 0.612 bits per heavy atom. The van der Waals surface area contributed by atoms with Crippen molar-refractivity contribution >= 4 is 51.5 Å². The van der Waals surface area contributed by atoms with Crippen LogP contribution in [0.25, 0.3) is 0 Å². The molecule has 34 heteroatoms. The molecule has 5 unspecified atom stereocenters. The van der Waals surface area contributed by atoms with Crippen molar-refractivity contribution in [3.05, 3.63) is 45.3 Å². The first-order valence-corrected chi connectivity index (χ1v) is 40.4. The van der Waals surface area contributed by atoms with Crippen molar-refractivity contribution in [2.24, 2.45) is 71.0 Å². The number of rotatable bonds is 8. The van der Waals surface area contributed by atoms with Gasteiger partial charge in [-0.15, -0.1) is 0 Å². The van der Waals surface area contributed by atoms with Gasteiger partial charge in [-0.3, -0.25) is 8.91 Å². The Morgan fingerprint density at radius 1 is 0.388 bits per heavy atom. The fourth-order valence-corrected chi connectivity index (χ4v) is 22.9. The molecule has 0 aromatic rings. The van der Waals surface area contributed by atoms with Gasteiger partial charge in [-0.2, -0.15) is 64.4 Å². The van der Waals surface area contributed by atoms with Crippen molar-refractivity contribution in [2.75, 3.05) is 23.0 Å². The summed E-state index contributed by atoms with van der Waals surface area (Å²) in [7, 11) is -2.28. The molecule has 0 amide bonds. The highest BCUT2D eigenvalue weighted by Gasteiger charge is 2.76. The van der Waals surface area contributed by atoms with Gasteiger partial charge in [0.05, 0.1) is 0 Å². The van der Waals surface area contributed by atoms with Gasteiger partial charge in [0.15, 0.2) is 22.4 Å². The zero-order chi connectivity index (χ0) is 69.6. The van der Waals surface area contributed by atoms with Crippen LogP contribution in [-0.4, -0.2) is 123 Å². The molecule has 0 radical (unpaired) electrons. The molecular weight excluding hydrogens is 1510 g/mol. The highest BCUT2D eigenvalue weighted by molar-refractivity contribution is 14.2. The van der Waals surface area contributed by atoms with Crippen LogP contribution < -0.4 is 0 Å². The summed E-state index contributed by atoms with van der Waals surface area (Å²) in [6.07, 6.45) is -17.7. The number of fused-ring (bicyclic) bond motifs is 8. The van der Waals surface area contributed by atoms with E-state index in [1.807, 2.05) is 27.7 Å². The number of ether oxygens (including phenoxy) is 8. The number of hydrogen-bond acceptors (Lipinski definition) is 18. The quantitative estimate of drug-likeness (QED) is 0.0974. The van der Waals surface area contributed by atoms with Crippen molar-refractivity contribution in [2.45, 2.75) is 254 Å². The third-order valence-corrected chi connectivity index (χ3v) is 27.1. The summed E-state index contributed by atoms with van der Waals surface area (Å²) < 4.78 is 238. The molecule has 0 aromatic heterocycles. The van der Waals surface area contributed by atoms with E-state index in [1.54, 1.807) is 27.7 Å². The predicted molar refractivity (Wildman–Crippen MR) is 329 cm³/mol. The van der Waals surface area contributed by atoms with Crippen LogP contribution in [0.4, 0.5) is 57.4 Å². The molecule has 0 aromatic carbocycles. The van der Waals surface area contributed by atoms with Gasteiger partial charge in [0, 0.05) is 107 Å². The SMILES string of the molecule is C[C@@H]1CC[C@H]2C(CS(=O)CC3=C(C(F)(F)F)O[C@@H]4O[C@]5(C)CCC6[C@H](C)CC[C@@H]3[C@]64OO5)=C(C(F)(F)F)O[C@@H]3O[C@]4(C)CCC1[C@]32OO4.C[C@@H]1CC[C@H]2C(CSCC3=C(C(F)(F)F)O[C@@H]4O[C@]5(C)CCC6[C@H](C)CC[C@@H]3[C@]64OO5)=C(C(F)(F)F)O[C@@H]3O[C@]4(C)CCC1[C@]32OO4.F.PI. The van der Waals surface area contributed by atoms with Gasteiger partial charge in [-0.05, 0) is 151 Å². The van der Waals surface area contributed by atoms with Crippen molar-refractivity contribution in [1.29, 1.82) is 0 Å². The monoisotopic (exact) mass is 1590 g/mol. The Hall–Kier alpha value is -1.57. The average Bonchev–Trinajstić information content (AvgIpc) is 1.16. The standard InChI is InChI=1S/C32H40F6O9S.C32H40F6O8S.FH.H2IP/c1-15-5-7-21-17(23(31(33,34)35)40-25-29(21)19(15)9-11-27(3,42-25)44-46-29)13-48(39)14-18-22-8-6-16(2)20-10-12-28(4)43-26(30(20,22)47-45-28)41-24(18)32(36,37)38;1-15-5-7-21-17(23(31(33,34)35)39-25-29(21)19(15)9-11-27(3,41-25)43-45-29)13-47-14-18-22-8-6-16(2)20-10-12-28(4)42-26(30(20,22)46-44-28)40-24(18)32(36,37)38;;1-2/h15-16,19-22,25-26H,5-14H2,1-4H3;15-16,19-22,25-26H,5-14H2,1-4H3;1H;2H2/t15-,16-,19?,20?,21+,22+,25-,26-,27+,28+,29-,30-,48?;15-,16-,19?,20?,21+,22+,25-,26-,27+,28+,29-,30-;;/m11../s1. The molecule has 8 bridgehead atoms. The molecule has 0 N–H and O–H groups in total. The summed E-state index contributed by atoms with van der Waals surface area (Å²) in [6.45, 7) is 16.9. The molecular formula is C64H83F13IO17PS2. The number of hydrogen-bond donors (Lipinski definition) is 0. The molecule has 556 valence electrons. The van der Waals surface area contributed by atoms with Gasteiger partial charge in [0.25, 0.3) is 0 Å². The smallest absolute Gasteiger partial charge is 0.449 e. The number of allylic oxidation sites excluding steroid dienone is 4. The van der Waals surface area contributed by atoms with E-state index in [4.69, 9.17) is 77.0 Å². The van der Waals surface area contributed by atoms with Crippen molar-refractivity contribution in [1.82, 2.24) is 0 Å². The minimum absolute atomic E-state index is 0. The number of halogens is 14. The predicted octanol–water partition coefficient (Wildman–Crippen LogP) is 16.1. The van der Waals surface area contributed by atoms with Crippen LogP contribution in [0.15, 0.2) is 45.3 Å². The van der Waals surface area contributed by atoms with E-state index in [0.29, 0.717) is 89.9 Å². The minimum atomic E-state index is -4.99. The van der Waals surface area contributed by atoms with E-state index >= 15 is 0 Å². The van der Waals surface area contributed by atoms with Crippen molar-refractivity contribution in [3.8, 4) is 0 Å². The third kappa shape index (κ3) is 11.8. The minimum Gasteiger partial charge on any atom is -0.456 e. The first-order chi connectivity index (χ1) is 45.4. The van der Waals surface area contributed by atoms with Crippen LogP contribution in [-0.2, 0) is 87.8 Å². The second kappa shape index (κ2) is 25.6. The Morgan fingerprint density at radius 3 is 0.847 bits per heavy atom. The molecule has 98 heavy (non-hydrogen) atoms. The van der Waals surface area contributed by atoms with Gasteiger partial charge in [-0.25, -0.2) is 39.1 Å². The summed E-state index contributed by atoms with van der Waals surface area (Å²) in [6, 6.07) is 0. The molecule has 16 heterocycles. The topological polar surface area (TPSA) is 165 Å². The molecule has 16 fully saturated rings. The maximum absolute atomic E-state index is 14.7. The summed E-state index contributed by atoms with van der Waals surface area (Å²) in [4.78, 5) is 46.9. The lowest BCUT2D eigenvalue weighted by molar-refractivity contribution is -0.557. The van der Waals surface area contributed by atoms with E-state index < -0.39 is 164 Å². The summed E-state index contributed by atoms with van der Waals surface area (Å²) in [5, 5.41) is 0. The van der Waals surface area contributed by atoms with E-state index in [0.717, 1.165) is 11.8 Å². The van der Waals surface area contributed by atoms with Crippen LogP contribution >= 0.6 is 40.7 Å². The zero-order valence-electron chi connectivity index (χ0n) is 55.0. The van der Waals surface area contributed by atoms with Crippen LogP contribution in [0.2, 0.25) is 0 Å². The van der Waals surface area contributed by atoms with Crippen LogP contribution in [0.3, 0.4) is 0 Å². The van der Waals surface area contributed by atoms with Crippen molar-refractivity contribution < 1.29 is 139 Å². The lowest BCUT2D eigenvalue weighted by Crippen LogP contribution is -2.68. The second-order valence-electron chi connectivity index (χ2n) is 30.5. The number of alkyl halides is 12. The zero-order valence-corrected chi connectivity index (χ0v) is 60.0. The molecule has 17 nitrogen and oxygen atoms in total. The summed E-state index contributed by atoms with van der Waals surface area (Å²) in [5.41, 5.74) is -6.21. The molecule has 4 saturated carbocycles. The van der Waals surface area contributed by atoms with E-state index in [2.05, 4.69) is 28.9 Å². The normalized spacial score (nSPS) is 47.6. The molecule has 20 aliphatic rings. The Balaban J connectivity index is 0.000000170. The third-order valence-electron chi connectivity index (χ3n) is 24.8. The van der Waals surface area contributed by atoms with Crippen LogP contribution in [0, 0.1) is 71.0 Å². The lowest BCUT2D eigenvalue weighted by atomic mass is 9.59. The molecule has 4 spiro atoms. The largest absolute Gasteiger partial charge is 0.456 e. The maximum atomic E-state index is 14.7. The summed E-state index contributed by atoms with van der Waals surface area (Å²) in [5.74, 6) is -16.1. The molecule has 20 rings (SSSR count). The Bertz CT molecular complexity index is 3050. The fourth-order valence-electron chi connectivity index (χ4n) is 20.3. The van der Waals surface area contributed by atoms with E-state index in [-0.39, 0.29) is 98.7 Å². The average molecular weight is 1590 g/mol. The van der Waals surface area contributed by atoms with Gasteiger partial charge < -0.3 is 37.9 Å². The van der Waals surface area contributed by atoms with Gasteiger partial charge in [0.2, 0.25) is 71.3 Å². The second-order valence-corrected chi connectivity index (χ2v) is 33.0. The highest BCUT2D eigenvalue weighted by atomic mass is 127. The Kier molecular flexibility index (Phi) is 19.5. The lowest BCUT2D eigenvalue weighted by Gasteiger charge is -2.58. The number of thioether (sulfide) groups is 1. The van der Waals surface area contributed by atoms with Crippen molar-refractivity contribution in [3.63, 3.8) is 0 Å². The molecule has 12 saturated heterocycles. The Labute approximate surface area is 580 Å². The first-order valence-electron chi connectivity index (χ1n) is 33.6. The van der Waals surface area contributed by atoms with Gasteiger partial charge in [-0.1, -0.05) is 56.6 Å². The summed E-state index contributed by atoms with van der Waals surface area (Å²) >= 11 is 3.04. The molecule has 25 atom stereocenters. The molecule has 16 aliphatic heterocycles. The molecule has 4 aliphatic carbocycles. The fraction of sp³-hybridized carbons (Fsp3) is 0.875. The highest BCUT2D eigenvalue weighted by Crippen LogP contribution is 2.67. The van der Waals surface area contributed by atoms with E-state index in [9.17, 15) is 56.9 Å².